The topological polar surface area (TPSA) is 68.9 Å². The van der Waals surface area contributed by atoms with Gasteiger partial charge in [-0.25, -0.2) is 4.98 Å². The number of nitrogens with one attached hydrogen (secondary N) is 1. The molecular weight excluding hydrogens is 224 g/mol. The van der Waals surface area contributed by atoms with Crippen LogP contribution in [0.1, 0.15) is 12.5 Å². The predicted octanol–water partition coefficient (Wildman–Crippen LogP) is 2.08. The summed E-state index contributed by atoms with van der Waals surface area (Å²) < 4.78 is 2.17. The maximum atomic E-state index is 9.06. The fourth-order valence-electron chi connectivity index (χ4n) is 2.45. The molecule has 0 bridgehead atoms. The van der Waals surface area contributed by atoms with Gasteiger partial charge in [-0.1, -0.05) is 18.2 Å². The minimum Gasteiger partial charge on any atom is -0.318 e. The Morgan fingerprint density at radius 3 is 2.83 bits per heavy atom. The van der Waals surface area contributed by atoms with Gasteiger partial charge in [0.15, 0.2) is 0 Å². The molecule has 18 heavy (non-hydrogen) atoms. The largest absolute Gasteiger partial charge is 0.318 e. The zero-order chi connectivity index (χ0) is 12.7. The van der Waals surface area contributed by atoms with Gasteiger partial charge in [0.2, 0.25) is 11.5 Å². The van der Waals surface area contributed by atoms with E-state index in [9.17, 15) is 0 Å². The standard InChI is InChI=1S/C14H12N4/c1-2-18-12-6-4-3-5-10(12)11-7-9(8-15)13(16)17-14(11)18/h3-7H,2H2,1H3,(H2,16,17)/p+1. The second-order valence-corrected chi connectivity index (χ2v) is 4.23. The number of pyridine rings is 1. The van der Waals surface area contributed by atoms with Gasteiger partial charge in [0.05, 0.1) is 11.9 Å². The number of anilines is 1. The number of nitrogen functional groups attached to an aromatic ring is 1. The average molecular weight is 237 g/mol. The van der Waals surface area contributed by atoms with E-state index in [1.807, 2.05) is 18.2 Å². The summed E-state index contributed by atoms with van der Waals surface area (Å²) in [6, 6.07) is 12.1. The van der Waals surface area contributed by atoms with Crippen LogP contribution in [0.25, 0.3) is 21.9 Å². The molecule has 3 aromatic rings. The molecule has 0 radical (unpaired) electrons. The number of benzene rings is 1. The lowest BCUT2D eigenvalue weighted by Gasteiger charge is -1.97. The highest BCUT2D eigenvalue weighted by Crippen LogP contribution is 2.27. The van der Waals surface area contributed by atoms with Crippen LogP contribution in [0.2, 0.25) is 0 Å². The molecule has 1 aromatic carbocycles. The van der Waals surface area contributed by atoms with E-state index in [-0.39, 0.29) is 0 Å². The van der Waals surface area contributed by atoms with Crippen molar-refractivity contribution in [3.63, 3.8) is 0 Å². The average Bonchev–Trinajstić information content (AvgIpc) is 2.70. The first-order valence-corrected chi connectivity index (χ1v) is 5.89. The summed E-state index contributed by atoms with van der Waals surface area (Å²) in [5.74, 6) is 0.419. The SMILES string of the molecule is CCn1c2ccccc2c2cc(C#N)c(N)[nH+]c21. The molecule has 0 aliphatic carbocycles. The van der Waals surface area contributed by atoms with E-state index in [0.717, 1.165) is 28.5 Å². The van der Waals surface area contributed by atoms with Gasteiger partial charge in [-0.2, -0.15) is 5.26 Å². The van der Waals surface area contributed by atoms with E-state index >= 15 is 0 Å². The summed E-state index contributed by atoms with van der Waals surface area (Å²) in [5.41, 5.74) is 8.46. The molecule has 4 heteroatoms. The van der Waals surface area contributed by atoms with Crippen LogP contribution < -0.4 is 10.7 Å². The van der Waals surface area contributed by atoms with Crippen molar-refractivity contribution in [1.29, 1.82) is 5.26 Å². The Morgan fingerprint density at radius 2 is 2.11 bits per heavy atom. The lowest BCUT2D eigenvalue weighted by Crippen LogP contribution is -2.16. The highest BCUT2D eigenvalue weighted by atomic mass is 15.1. The third kappa shape index (κ3) is 1.28. The number of hydrogen-bond donors (Lipinski definition) is 1. The molecule has 0 fully saturated rings. The molecule has 3 N–H and O–H groups in total. The number of para-hydroxylation sites is 1. The Balaban J connectivity index is 2.57. The maximum Gasteiger partial charge on any atom is 0.235 e. The highest BCUT2D eigenvalue weighted by molar-refractivity contribution is 6.06. The quantitative estimate of drug-likeness (QED) is 0.704. The third-order valence-corrected chi connectivity index (χ3v) is 3.28. The van der Waals surface area contributed by atoms with E-state index in [1.165, 1.54) is 0 Å². The van der Waals surface area contributed by atoms with Crippen molar-refractivity contribution >= 4 is 27.8 Å². The van der Waals surface area contributed by atoms with Crippen molar-refractivity contribution in [3.05, 3.63) is 35.9 Å². The molecule has 0 saturated carbocycles. The van der Waals surface area contributed by atoms with Gasteiger partial charge < -0.3 is 5.73 Å². The molecule has 4 nitrogen and oxygen atoms in total. The lowest BCUT2D eigenvalue weighted by atomic mass is 10.1. The first-order valence-electron chi connectivity index (χ1n) is 5.89. The third-order valence-electron chi connectivity index (χ3n) is 3.28. The summed E-state index contributed by atoms with van der Waals surface area (Å²) in [6.45, 7) is 2.94. The maximum absolute atomic E-state index is 9.06. The summed E-state index contributed by atoms with van der Waals surface area (Å²) in [7, 11) is 0. The Bertz CT molecular complexity index is 793. The number of nitrogens with zero attached hydrogens (tertiary/aromatic N) is 2. The molecule has 0 amide bonds. The number of aryl methyl sites for hydroxylation is 1. The normalized spacial score (nSPS) is 10.9. The number of nitrogens with two attached hydrogens (primary N) is 1. The van der Waals surface area contributed by atoms with Crippen molar-refractivity contribution in [2.24, 2.45) is 0 Å². The molecule has 2 heterocycles. The number of aromatic amines is 1. The van der Waals surface area contributed by atoms with Gasteiger partial charge in [0.1, 0.15) is 17.1 Å². The molecule has 0 unspecified atom stereocenters. The van der Waals surface area contributed by atoms with Crippen LogP contribution in [0.5, 0.6) is 0 Å². The minimum atomic E-state index is 0.419. The van der Waals surface area contributed by atoms with Crippen LogP contribution in [0.15, 0.2) is 30.3 Å². The number of fused-ring (bicyclic) bond motifs is 3. The molecule has 3 rings (SSSR count). The van der Waals surface area contributed by atoms with E-state index in [1.54, 1.807) is 0 Å². The van der Waals surface area contributed by atoms with Crippen LogP contribution >= 0.6 is 0 Å². The zero-order valence-corrected chi connectivity index (χ0v) is 10.1. The highest BCUT2D eigenvalue weighted by Gasteiger charge is 2.17. The molecule has 0 atom stereocenters. The van der Waals surface area contributed by atoms with Crippen molar-refractivity contribution in [2.75, 3.05) is 5.73 Å². The number of H-pyrrole nitrogens is 1. The van der Waals surface area contributed by atoms with Crippen LogP contribution in [0, 0.1) is 11.3 Å². The molecule has 2 aromatic heterocycles. The van der Waals surface area contributed by atoms with Gasteiger partial charge in [0.25, 0.3) is 0 Å². The van der Waals surface area contributed by atoms with E-state index < -0.39 is 0 Å². The van der Waals surface area contributed by atoms with Gasteiger partial charge in [-0.05, 0) is 19.1 Å². The van der Waals surface area contributed by atoms with Crippen LogP contribution in [-0.2, 0) is 6.54 Å². The van der Waals surface area contributed by atoms with Crippen LogP contribution in [-0.4, -0.2) is 4.57 Å². The predicted molar refractivity (Wildman–Crippen MR) is 70.8 cm³/mol. The Hall–Kier alpha value is -2.54. The van der Waals surface area contributed by atoms with Crippen LogP contribution in [0.3, 0.4) is 0 Å². The van der Waals surface area contributed by atoms with E-state index in [0.29, 0.717) is 11.4 Å². The van der Waals surface area contributed by atoms with Crippen LogP contribution in [0.4, 0.5) is 5.82 Å². The molecule has 0 aliphatic heterocycles. The fourth-order valence-corrected chi connectivity index (χ4v) is 2.45. The van der Waals surface area contributed by atoms with Gasteiger partial charge in [-0.3, -0.25) is 4.57 Å². The molecular formula is C14H13N4+. The Labute approximate surface area is 104 Å². The first-order chi connectivity index (χ1) is 8.76. The molecule has 0 saturated heterocycles. The number of rotatable bonds is 1. The second kappa shape index (κ2) is 3.74. The number of aromatic nitrogens is 2. The van der Waals surface area contributed by atoms with Gasteiger partial charge in [0, 0.05) is 5.39 Å². The second-order valence-electron chi connectivity index (χ2n) is 4.23. The monoisotopic (exact) mass is 237 g/mol. The zero-order valence-electron chi connectivity index (χ0n) is 10.1. The van der Waals surface area contributed by atoms with Crippen molar-refractivity contribution in [1.82, 2.24) is 4.57 Å². The first kappa shape index (κ1) is 10.6. The van der Waals surface area contributed by atoms with Crippen molar-refractivity contribution in [3.8, 4) is 6.07 Å². The lowest BCUT2D eigenvalue weighted by molar-refractivity contribution is -0.331. The molecule has 0 aliphatic rings. The number of nitriles is 1. The van der Waals surface area contributed by atoms with Crippen molar-refractivity contribution in [2.45, 2.75) is 13.5 Å². The Morgan fingerprint density at radius 1 is 1.33 bits per heavy atom. The summed E-state index contributed by atoms with van der Waals surface area (Å²) in [5, 5.41) is 11.2. The van der Waals surface area contributed by atoms with Gasteiger partial charge in [-0.15, -0.1) is 0 Å². The molecule has 88 valence electrons. The molecule has 0 spiro atoms. The minimum absolute atomic E-state index is 0.419. The summed E-state index contributed by atoms with van der Waals surface area (Å²) >= 11 is 0. The smallest absolute Gasteiger partial charge is 0.235 e. The van der Waals surface area contributed by atoms with Crippen molar-refractivity contribution < 1.29 is 4.98 Å². The Kier molecular flexibility index (Phi) is 2.20. The van der Waals surface area contributed by atoms with Gasteiger partial charge >= 0.3 is 0 Å². The number of hydrogen-bond acceptors (Lipinski definition) is 2. The van der Waals surface area contributed by atoms with E-state index in [4.69, 9.17) is 11.0 Å². The fraction of sp³-hybridized carbons (Fsp3) is 0.143. The van der Waals surface area contributed by atoms with E-state index in [2.05, 4.69) is 34.7 Å². The summed E-state index contributed by atoms with van der Waals surface area (Å²) in [6.07, 6.45) is 0. The summed E-state index contributed by atoms with van der Waals surface area (Å²) in [4.78, 5) is 3.14.